The van der Waals surface area contributed by atoms with E-state index in [4.69, 9.17) is 4.98 Å². The highest BCUT2D eigenvalue weighted by molar-refractivity contribution is 7.71. The first-order valence-electron chi connectivity index (χ1n) is 15.0. The van der Waals surface area contributed by atoms with Crippen LogP contribution in [0.1, 0.15) is 13.3 Å². The van der Waals surface area contributed by atoms with E-state index in [2.05, 4.69) is 127 Å². The van der Waals surface area contributed by atoms with Crippen LogP contribution < -0.4 is 5.30 Å². The molecule has 0 N–H and O–H groups in total. The number of para-hydroxylation sites is 2. The first kappa shape index (κ1) is 24.8. The van der Waals surface area contributed by atoms with E-state index in [-0.39, 0.29) is 0 Å². The van der Waals surface area contributed by atoms with E-state index < -0.39 is 7.14 Å². The van der Waals surface area contributed by atoms with Gasteiger partial charge < -0.3 is 4.57 Å². The number of aromatic nitrogens is 2. The fourth-order valence-corrected chi connectivity index (χ4v) is 9.65. The topological polar surface area (TPSA) is 34.4 Å². The molecule has 43 heavy (non-hydrogen) atoms. The van der Waals surface area contributed by atoms with Crippen LogP contribution >= 0.6 is 7.14 Å². The van der Waals surface area contributed by atoms with E-state index in [1.165, 1.54) is 48.8 Å². The van der Waals surface area contributed by atoms with Crippen molar-refractivity contribution in [2.75, 3.05) is 12.8 Å². The first-order valence-corrected chi connectivity index (χ1v) is 17.4. The Morgan fingerprint density at radius 2 is 1.33 bits per heavy atom. The molecule has 0 aliphatic heterocycles. The average Bonchev–Trinajstić information content (AvgIpc) is 3.43. The Morgan fingerprint density at radius 1 is 0.651 bits per heavy atom. The molecule has 9 aromatic rings. The van der Waals surface area contributed by atoms with Crippen molar-refractivity contribution in [3.05, 3.63) is 115 Å². The minimum absolute atomic E-state index is 0.728. The summed E-state index contributed by atoms with van der Waals surface area (Å²) >= 11 is 0. The van der Waals surface area contributed by atoms with Gasteiger partial charge in [-0.1, -0.05) is 104 Å². The quantitative estimate of drug-likeness (QED) is 0.155. The lowest BCUT2D eigenvalue weighted by molar-refractivity contribution is 0.584. The van der Waals surface area contributed by atoms with Gasteiger partial charge in [0.15, 0.2) is 0 Å². The summed E-state index contributed by atoms with van der Waals surface area (Å²) in [7, 11) is -2.47. The molecule has 0 saturated carbocycles. The lowest BCUT2D eigenvalue weighted by Gasteiger charge is -2.19. The molecular formula is C39H29N2OP. The Kier molecular flexibility index (Phi) is 5.14. The van der Waals surface area contributed by atoms with E-state index in [1.54, 1.807) is 0 Å². The zero-order valence-electron chi connectivity index (χ0n) is 24.1. The molecule has 0 amide bonds. The smallest absolute Gasteiger partial charge is 0.146 e. The van der Waals surface area contributed by atoms with Gasteiger partial charge in [0.2, 0.25) is 0 Å². The predicted octanol–water partition coefficient (Wildman–Crippen LogP) is 10.4. The highest BCUT2D eigenvalue weighted by atomic mass is 31.2. The summed E-state index contributed by atoms with van der Waals surface area (Å²) in [5, 5.41) is 11.8. The molecule has 1 atom stereocenters. The number of rotatable bonds is 4. The summed E-state index contributed by atoms with van der Waals surface area (Å²) in [6.07, 6.45) is 1.64. The van der Waals surface area contributed by atoms with Crippen LogP contribution in [0.3, 0.4) is 0 Å². The third-order valence-corrected chi connectivity index (χ3v) is 12.1. The van der Waals surface area contributed by atoms with Crippen molar-refractivity contribution in [1.82, 2.24) is 9.38 Å². The largest absolute Gasteiger partial charge is 0.319 e. The van der Waals surface area contributed by atoms with E-state index in [0.717, 1.165) is 50.9 Å². The van der Waals surface area contributed by atoms with Crippen molar-refractivity contribution in [3.8, 4) is 11.1 Å². The minimum Gasteiger partial charge on any atom is -0.319 e. The van der Waals surface area contributed by atoms with E-state index >= 15 is 0 Å². The molecule has 2 heterocycles. The molecule has 0 aliphatic carbocycles. The number of benzene rings is 7. The second-order valence-corrected chi connectivity index (χ2v) is 15.1. The summed E-state index contributed by atoms with van der Waals surface area (Å²) in [5.41, 5.74) is 6.63. The Labute approximate surface area is 249 Å². The molecule has 7 aromatic carbocycles. The lowest BCUT2D eigenvalue weighted by atomic mass is 9.89. The maximum atomic E-state index is 13.8. The zero-order valence-corrected chi connectivity index (χ0v) is 25.0. The number of hydrogen-bond donors (Lipinski definition) is 0. The van der Waals surface area contributed by atoms with Gasteiger partial charge in [-0.05, 0) is 80.1 Å². The van der Waals surface area contributed by atoms with Crippen molar-refractivity contribution >= 4 is 83.1 Å². The van der Waals surface area contributed by atoms with Crippen LogP contribution in [-0.4, -0.2) is 22.2 Å². The van der Waals surface area contributed by atoms with E-state index in [0.29, 0.717) is 0 Å². The summed E-state index contributed by atoms with van der Waals surface area (Å²) in [6, 6.07) is 41.5. The fraction of sp³-hybridized carbons (Fsp3) is 0.103. The van der Waals surface area contributed by atoms with Gasteiger partial charge in [-0.2, -0.15) is 0 Å². The van der Waals surface area contributed by atoms with Crippen molar-refractivity contribution < 1.29 is 4.57 Å². The van der Waals surface area contributed by atoms with Gasteiger partial charge in [0.25, 0.3) is 0 Å². The Balaban J connectivity index is 1.37. The summed E-state index contributed by atoms with van der Waals surface area (Å²) in [5.74, 6) is 0. The van der Waals surface area contributed by atoms with Crippen LogP contribution in [0.25, 0.3) is 81.8 Å². The number of hydrogen-bond acceptors (Lipinski definition) is 2. The van der Waals surface area contributed by atoms with Gasteiger partial charge in [0, 0.05) is 22.2 Å². The molecule has 0 fully saturated rings. The molecule has 3 nitrogen and oxygen atoms in total. The van der Waals surface area contributed by atoms with Crippen LogP contribution in [0.5, 0.6) is 0 Å². The second kappa shape index (κ2) is 8.89. The predicted molar refractivity (Wildman–Crippen MR) is 185 cm³/mol. The SMILES string of the molecule is CCCP(C)(=O)c1ccc2ccc3c(-c4ccc5c6ccccc6c6nc7ccccc7n6c5c4)ccc4ccc1c2c43. The molecule has 0 radical (unpaired) electrons. The fourth-order valence-electron chi connectivity index (χ4n) is 7.47. The zero-order chi connectivity index (χ0) is 28.9. The van der Waals surface area contributed by atoms with Crippen LogP contribution in [0.2, 0.25) is 0 Å². The van der Waals surface area contributed by atoms with Crippen LogP contribution in [0, 0.1) is 0 Å². The van der Waals surface area contributed by atoms with Gasteiger partial charge in [0.05, 0.1) is 16.6 Å². The van der Waals surface area contributed by atoms with Crippen LogP contribution in [0.4, 0.5) is 0 Å². The van der Waals surface area contributed by atoms with Crippen molar-refractivity contribution in [1.29, 1.82) is 0 Å². The summed E-state index contributed by atoms with van der Waals surface area (Å²) in [4.78, 5) is 5.08. The normalized spacial score (nSPS) is 13.8. The van der Waals surface area contributed by atoms with Gasteiger partial charge in [0.1, 0.15) is 12.8 Å². The first-order chi connectivity index (χ1) is 21.0. The Bertz CT molecular complexity index is 2630. The van der Waals surface area contributed by atoms with Crippen molar-refractivity contribution in [3.63, 3.8) is 0 Å². The van der Waals surface area contributed by atoms with E-state index in [9.17, 15) is 4.57 Å². The molecule has 4 heteroatoms. The molecule has 0 spiro atoms. The lowest BCUT2D eigenvalue weighted by Crippen LogP contribution is -2.08. The highest BCUT2D eigenvalue weighted by Gasteiger charge is 2.23. The maximum absolute atomic E-state index is 13.8. The van der Waals surface area contributed by atoms with E-state index in [1.807, 2.05) is 6.66 Å². The third-order valence-electron chi connectivity index (χ3n) is 9.37. The summed E-state index contributed by atoms with van der Waals surface area (Å²) < 4.78 is 16.2. The number of pyridine rings is 1. The van der Waals surface area contributed by atoms with Crippen molar-refractivity contribution in [2.45, 2.75) is 13.3 Å². The molecule has 0 aliphatic rings. The molecular weight excluding hydrogens is 543 g/mol. The van der Waals surface area contributed by atoms with Gasteiger partial charge in [-0.25, -0.2) is 4.98 Å². The van der Waals surface area contributed by atoms with Gasteiger partial charge in [-0.15, -0.1) is 0 Å². The average molecular weight is 573 g/mol. The number of imidazole rings is 1. The van der Waals surface area contributed by atoms with Crippen molar-refractivity contribution in [2.24, 2.45) is 0 Å². The van der Waals surface area contributed by atoms with Crippen LogP contribution in [-0.2, 0) is 4.57 Å². The van der Waals surface area contributed by atoms with Gasteiger partial charge in [-0.3, -0.25) is 4.40 Å². The monoisotopic (exact) mass is 572 g/mol. The summed E-state index contributed by atoms with van der Waals surface area (Å²) in [6.45, 7) is 4.07. The molecule has 1 unspecified atom stereocenters. The minimum atomic E-state index is -2.47. The highest BCUT2D eigenvalue weighted by Crippen LogP contribution is 2.46. The third kappa shape index (κ3) is 3.43. The molecule has 0 saturated heterocycles. The number of fused-ring (bicyclic) bond motifs is 8. The molecule has 0 bridgehead atoms. The Morgan fingerprint density at radius 3 is 2.16 bits per heavy atom. The Hall–Kier alpha value is -4.72. The molecule has 9 rings (SSSR count). The maximum Gasteiger partial charge on any atom is 0.146 e. The molecule has 206 valence electrons. The van der Waals surface area contributed by atoms with Gasteiger partial charge >= 0.3 is 0 Å². The van der Waals surface area contributed by atoms with Crippen LogP contribution in [0.15, 0.2) is 115 Å². The number of nitrogens with zero attached hydrogens (tertiary/aromatic N) is 2. The standard InChI is InChI=1S/C39H29N2OP/c1-3-22-43(2,42)36-21-16-25-13-19-30-27(17-12-24-14-20-32(36)38(25)37(24)30)26-15-18-29-28-8-4-5-9-31(28)39-40-33-10-6-7-11-34(33)41(39)35(29)23-26/h4-21,23H,3,22H2,1-2H3. The molecule has 2 aromatic heterocycles. The second-order valence-electron chi connectivity index (χ2n) is 12.0.